The molecular formula is C15H24ClN3O2. The maximum absolute atomic E-state index is 11.7. The smallest absolute Gasteiger partial charge is 0.251 e. The topological polar surface area (TPSA) is 70.2 Å². The van der Waals surface area contributed by atoms with Crippen molar-refractivity contribution < 1.29 is 9.59 Å². The van der Waals surface area contributed by atoms with Gasteiger partial charge in [-0.3, -0.25) is 9.59 Å². The van der Waals surface area contributed by atoms with Crippen LogP contribution in [-0.2, 0) is 4.79 Å². The fourth-order valence-electron chi connectivity index (χ4n) is 1.69. The van der Waals surface area contributed by atoms with Gasteiger partial charge in [0.1, 0.15) is 0 Å². The molecule has 1 rings (SSSR count). The van der Waals surface area contributed by atoms with Crippen molar-refractivity contribution in [2.45, 2.75) is 26.2 Å². The second kappa shape index (κ2) is 11.1. The fourth-order valence-corrected chi connectivity index (χ4v) is 1.69. The molecule has 0 bridgehead atoms. The van der Waals surface area contributed by atoms with Gasteiger partial charge in [-0.2, -0.15) is 0 Å². The summed E-state index contributed by atoms with van der Waals surface area (Å²) in [7, 11) is 1.86. The van der Waals surface area contributed by atoms with Crippen LogP contribution >= 0.6 is 12.4 Å². The zero-order valence-corrected chi connectivity index (χ0v) is 13.4. The van der Waals surface area contributed by atoms with E-state index in [1.54, 1.807) is 24.3 Å². The van der Waals surface area contributed by atoms with E-state index in [-0.39, 0.29) is 24.2 Å². The molecule has 0 fully saturated rings. The lowest BCUT2D eigenvalue weighted by Gasteiger charge is -2.07. The quantitative estimate of drug-likeness (QED) is 0.644. The van der Waals surface area contributed by atoms with Crippen LogP contribution in [0.2, 0.25) is 0 Å². The number of benzene rings is 1. The Labute approximate surface area is 132 Å². The monoisotopic (exact) mass is 313 g/mol. The molecule has 3 N–H and O–H groups in total. The van der Waals surface area contributed by atoms with Crippen LogP contribution in [0.1, 0.15) is 36.5 Å². The Morgan fingerprint density at radius 2 is 1.76 bits per heavy atom. The number of carbonyl (C=O) groups excluding carboxylic acids is 2. The first-order chi connectivity index (χ1) is 9.67. The third kappa shape index (κ3) is 7.68. The zero-order valence-electron chi connectivity index (χ0n) is 12.6. The van der Waals surface area contributed by atoms with Crippen LogP contribution in [0.15, 0.2) is 24.3 Å². The van der Waals surface area contributed by atoms with Crippen LogP contribution in [0.25, 0.3) is 0 Å². The van der Waals surface area contributed by atoms with E-state index in [4.69, 9.17) is 0 Å². The molecule has 6 heteroatoms. The Hall–Kier alpha value is -1.59. The van der Waals surface area contributed by atoms with Gasteiger partial charge in [-0.25, -0.2) is 0 Å². The van der Waals surface area contributed by atoms with Crippen LogP contribution in [0, 0.1) is 0 Å². The molecule has 0 aliphatic carbocycles. The lowest BCUT2D eigenvalue weighted by molar-refractivity contribution is -0.116. The van der Waals surface area contributed by atoms with Crippen molar-refractivity contribution in [1.29, 1.82) is 0 Å². The molecule has 0 saturated heterocycles. The van der Waals surface area contributed by atoms with Gasteiger partial charge in [0.15, 0.2) is 0 Å². The molecule has 0 spiro atoms. The van der Waals surface area contributed by atoms with Crippen LogP contribution in [0.3, 0.4) is 0 Å². The molecule has 0 radical (unpaired) electrons. The second-order valence-corrected chi connectivity index (χ2v) is 4.59. The maximum atomic E-state index is 11.7. The molecule has 2 amide bonds. The highest BCUT2D eigenvalue weighted by molar-refractivity contribution is 5.95. The largest absolute Gasteiger partial charge is 0.352 e. The van der Waals surface area contributed by atoms with E-state index >= 15 is 0 Å². The molecule has 0 aliphatic rings. The van der Waals surface area contributed by atoms with Gasteiger partial charge in [0, 0.05) is 24.2 Å². The first-order valence-electron chi connectivity index (χ1n) is 7.00. The summed E-state index contributed by atoms with van der Waals surface area (Å²) in [5.41, 5.74) is 1.32. The summed E-state index contributed by atoms with van der Waals surface area (Å²) in [6.07, 6.45) is 2.20. The highest BCUT2D eigenvalue weighted by Crippen LogP contribution is 2.10. The molecule has 0 atom stereocenters. The highest BCUT2D eigenvalue weighted by Gasteiger charge is 2.05. The van der Waals surface area contributed by atoms with Gasteiger partial charge >= 0.3 is 0 Å². The SMILES string of the molecule is CCCNC(=O)c1ccc(NC(=O)CCCNC)cc1.Cl. The van der Waals surface area contributed by atoms with Crippen LogP contribution in [0.4, 0.5) is 5.69 Å². The molecule has 118 valence electrons. The lowest BCUT2D eigenvalue weighted by atomic mass is 10.2. The van der Waals surface area contributed by atoms with E-state index in [0.29, 0.717) is 24.2 Å². The number of hydrogen-bond donors (Lipinski definition) is 3. The third-order valence-corrected chi connectivity index (χ3v) is 2.80. The third-order valence-electron chi connectivity index (χ3n) is 2.80. The second-order valence-electron chi connectivity index (χ2n) is 4.59. The molecule has 21 heavy (non-hydrogen) atoms. The lowest BCUT2D eigenvalue weighted by Crippen LogP contribution is -2.23. The van der Waals surface area contributed by atoms with E-state index in [1.165, 1.54) is 0 Å². The number of rotatable bonds is 8. The minimum Gasteiger partial charge on any atom is -0.352 e. The Bertz CT molecular complexity index is 435. The number of hydrogen-bond acceptors (Lipinski definition) is 3. The molecular weight excluding hydrogens is 290 g/mol. The minimum absolute atomic E-state index is 0. The van der Waals surface area contributed by atoms with Crippen LogP contribution < -0.4 is 16.0 Å². The summed E-state index contributed by atoms with van der Waals surface area (Å²) in [6.45, 7) is 3.50. The van der Waals surface area contributed by atoms with E-state index in [1.807, 2.05) is 14.0 Å². The summed E-state index contributed by atoms with van der Waals surface area (Å²) < 4.78 is 0. The molecule has 1 aromatic carbocycles. The van der Waals surface area contributed by atoms with E-state index in [2.05, 4.69) is 16.0 Å². The fraction of sp³-hybridized carbons (Fsp3) is 0.467. The standard InChI is InChI=1S/C15H23N3O2.ClH/c1-3-10-17-15(20)12-6-8-13(9-7-12)18-14(19)5-4-11-16-2;/h6-9,16H,3-5,10-11H2,1-2H3,(H,17,20)(H,18,19);1H. The van der Waals surface area contributed by atoms with Gasteiger partial charge < -0.3 is 16.0 Å². The molecule has 0 heterocycles. The predicted octanol–water partition coefficient (Wildman–Crippen LogP) is 2.19. The summed E-state index contributed by atoms with van der Waals surface area (Å²) in [6, 6.07) is 6.93. The highest BCUT2D eigenvalue weighted by atomic mass is 35.5. The van der Waals surface area contributed by atoms with Gasteiger partial charge in [-0.1, -0.05) is 6.92 Å². The molecule has 0 aliphatic heterocycles. The molecule has 0 saturated carbocycles. The van der Waals surface area contributed by atoms with Gasteiger partial charge in [-0.05, 0) is 50.7 Å². The number of halogens is 1. The summed E-state index contributed by atoms with van der Waals surface area (Å²) in [5.74, 6) is -0.0952. The zero-order chi connectivity index (χ0) is 14.8. The van der Waals surface area contributed by atoms with Crippen LogP contribution in [0.5, 0.6) is 0 Å². The van der Waals surface area contributed by atoms with Crippen LogP contribution in [-0.4, -0.2) is 32.0 Å². The van der Waals surface area contributed by atoms with E-state index in [9.17, 15) is 9.59 Å². The normalized spacial score (nSPS) is 9.62. The molecule has 0 unspecified atom stereocenters. The van der Waals surface area contributed by atoms with Crippen molar-refractivity contribution in [3.8, 4) is 0 Å². The van der Waals surface area contributed by atoms with E-state index in [0.717, 1.165) is 19.4 Å². The molecule has 0 aromatic heterocycles. The van der Waals surface area contributed by atoms with Gasteiger partial charge in [-0.15, -0.1) is 12.4 Å². The van der Waals surface area contributed by atoms with Crippen molar-refractivity contribution in [1.82, 2.24) is 10.6 Å². The first-order valence-corrected chi connectivity index (χ1v) is 7.00. The molecule has 1 aromatic rings. The Morgan fingerprint density at radius 1 is 1.10 bits per heavy atom. The predicted molar refractivity (Wildman–Crippen MR) is 88.1 cm³/mol. The summed E-state index contributed by atoms with van der Waals surface area (Å²) in [4.78, 5) is 23.3. The van der Waals surface area contributed by atoms with Crippen molar-refractivity contribution in [2.24, 2.45) is 0 Å². The van der Waals surface area contributed by atoms with Crippen molar-refractivity contribution in [3.63, 3.8) is 0 Å². The van der Waals surface area contributed by atoms with Crippen molar-refractivity contribution in [3.05, 3.63) is 29.8 Å². The Kier molecular flexibility index (Phi) is 10.3. The van der Waals surface area contributed by atoms with Gasteiger partial charge in [0.2, 0.25) is 5.91 Å². The number of amides is 2. The minimum atomic E-state index is -0.0845. The van der Waals surface area contributed by atoms with E-state index < -0.39 is 0 Å². The Morgan fingerprint density at radius 3 is 2.33 bits per heavy atom. The van der Waals surface area contributed by atoms with Crippen molar-refractivity contribution >= 4 is 29.9 Å². The average Bonchev–Trinajstić information content (AvgIpc) is 2.46. The summed E-state index contributed by atoms with van der Waals surface area (Å²) in [5, 5.41) is 8.62. The van der Waals surface area contributed by atoms with Gasteiger partial charge in [0.25, 0.3) is 5.91 Å². The number of carbonyl (C=O) groups is 2. The number of nitrogens with one attached hydrogen (secondary N) is 3. The molecule has 5 nitrogen and oxygen atoms in total. The summed E-state index contributed by atoms with van der Waals surface area (Å²) >= 11 is 0. The number of anilines is 1. The maximum Gasteiger partial charge on any atom is 0.251 e. The van der Waals surface area contributed by atoms with Gasteiger partial charge in [0.05, 0.1) is 0 Å². The van der Waals surface area contributed by atoms with Crippen molar-refractivity contribution in [2.75, 3.05) is 25.5 Å². The first kappa shape index (κ1) is 19.4. The average molecular weight is 314 g/mol. The Balaban J connectivity index is 0.00000400.